The predicted octanol–water partition coefficient (Wildman–Crippen LogP) is 4.04. The number of hydrogen-bond donors (Lipinski definition) is 2. The van der Waals surface area contributed by atoms with E-state index >= 15 is 0 Å². The number of anilines is 2. The van der Waals surface area contributed by atoms with E-state index in [4.69, 9.17) is 9.47 Å². The fourth-order valence-electron chi connectivity index (χ4n) is 2.91. The lowest BCUT2D eigenvalue weighted by atomic mass is 10.1. The van der Waals surface area contributed by atoms with E-state index in [9.17, 15) is 4.79 Å². The standard InChI is InChI=1S/C22H24N4O3/c1-14(16-8-6-5-7-9-16)23-22(27)18-13-21(25-15(2)24-18)26-17-10-11-19(28-3)20(12-17)29-4/h5-14H,1-4H3,(H,23,27)(H,24,25,26). The van der Waals surface area contributed by atoms with Gasteiger partial charge in [-0.05, 0) is 31.5 Å². The first-order chi connectivity index (χ1) is 14.0. The molecule has 7 heteroatoms. The molecule has 29 heavy (non-hydrogen) atoms. The molecule has 1 atom stereocenters. The summed E-state index contributed by atoms with van der Waals surface area (Å²) >= 11 is 0. The minimum atomic E-state index is -0.262. The molecular weight excluding hydrogens is 368 g/mol. The fourth-order valence-corrected chi connectivity index (χ4v) is 2.91. The van der Waals surface area contributed by atoms with Crippen molar-refractivity contribution in [3.05, 3.63) is 71.7 Å². The Hall–Kier alpha value is -3.61. The summed E-state index contributed by atoms with van der Waals surface area (Å²) < 4.78 is 10.6. The molecule has 1 unspecified atom stereocenters. The Morgan fingerprint density at radius 1 is 0.966 bits per heavy atom. The zero-order valence-electron chi connectivity index (χ0n) is 16.9. The number of aromatic nitrogens is 2. The monoisotopic (exact) mass is 392 g/mol. The van der Waals surface area contributed by atoms with E-state index in [1.807, 2.05) is 43.3 Å². The van der Waals surface area contributed by atoms with E-state index in [-0.39, 0.29) is 11.9 Å². The van der Waals surface area contributed by atoms with Crippen molar-refractivity contribution in [2.45, 2.75) is 19.9 Å². The third-order valence-corrected chi connectivity index (χ3v) is 4.37. The molecule has 0 bridgehead atoms. The molecule has 3 rings (SSSR count). The summed E-state index contributed by atoms with van der Waals surface area (Å²) in [5, 5.41) is 6.15. The Kier molecular flexibility index (Phi) is 6.29. The molecule has 0 spiro atoms. The molecule has 1 heterocycles. The van der Waals surface area contributed by atoms with E-state index in [0.29, 0.717) is 28.8 Å². The molecule has 0 aliphatic heterocycles. The number of amides is 1. The van der Waals surface area contributed by atoms with Crippen LogP contribution >= 0.6 is 0 Å². The fraction of sp³-hybridized carbons (Fsp3) is 0.227. The maximum atomic E-state index is 12.7. The summed E-state index contributed by atoms with van der Waals surface area (Å²) in [6.45, 7) is 3.68. The number of methoxy groups -OCH3 is 2. The molecule has 0 fully saturated rings. The van der Waals surface area contributed by atoms with Crippen LogP contribution in [0.1, 0.15) is 34.8 Å². The Morgan fingerprint density at radius 2 is 1.69 bits per heavy atom. The number of carbonyl (C=O) groups excluding carboxylic acids is 1. The highest BCUT2D eigenvalue weighted by Gasteiger charge is 2.15. The number of nitrogens with zero attached hydrogens (tertiary/aromatic N) is 2. The second kappa shape index (κ2) is 9.05. The normalized spacial score (nSPS) is 11.4. The highest BCUT2D eigenvalue weighted by Crippen LogP contribution is 2.30. The van der Waals surface area contributed by atoms with Crippen molar-refractivity contribution in [2.24, 2.45) is 0 Å². The van der Waals surface area contributed by atoms with Crippen LogP contribution in [0, 0.1) is 6.92 Å². The Morgan fingerprint density at radius 3 is 2.38 bits per heavy atom. The molecule has 3 aromatic rings. The first-order valence-electron chi connectivity index (χ1n) is 9.20. The summed E-state index contributed by atoms with van der Waals surface area (Å²) in [7, 11) is 3.16. The van der Waals surface area contributed by atoms with E-state index < -0.39 is 0 Å². The first kappa shape index (κ1) is 20.1. The van der Waals surface area contributed by atoms with Gasteiger partial charge in [0.05, 0.1) is 20.3 Å². The molecule has 2 aromatic carbocycles. The van der Waals surface area contributed by atoms with E-state index in [2.05, 4.69) is 20.6 Å². The van der Waals surface area contributed by atoms with Crippen molar-refractivity contribution in [3.63, 3.8) is 0 Å². The van der Waals surface area contributed by atoms with Gasteiger partial charge in [0.25, 0.3) is 5.91 Å². The largest absolute Gasteiger partial charge is 0.493 e. The molecule has 1 aromatic heterocycles. The molecule has 0 radical (unpaired) electrons. The van der Waals surface area contributed by atoms with Gasteiger partial charge < -0.3 is 20.1 Å². The van der Waals surface area contributed by atoms with Gasteiger partial charge in [-0.15, -0.1) is 0 Å². The summed E-state index contributed by atoms with van der Waals surface area (Å²) in [5.74, 6) is 1.97. The SMILES string of the molecule is COc1ccc(Nc2cc(C(=O)NC(C)c3ccccc3)nc(C)n2)cc1OC. The molecular formula is C22H24N4O3. The van der Waals surface area contributed by atoms with Gasteiger partial charge >= 0.3 is 0 Å². The molecule has 0 aliphatic carbocycles. The van der Waals surface area contributed by atoms with Crippen LogP contribution in [0.25, 0.3) is 0 Å². The maximum absolute atomic E-state index is 12.7. The Bertz CT molecular complexity index is 993. The van der Waals surface area contributed by atoms with Crippen LogP contribution in [0.5, 0.6) is 11.5 Å². The van der Waals surface area contributed by atoms with Crippen LogP contribution in [0.15, 0.2) is 54.6 Å². The van der Waals surface area contributed by atoms with Gasteiger partial charge in [-0.25, -0.2) is 9.97 Å². The minimum absolute atomic E-state index is 0.138. The molecule has 1 amide bonds. The van der Waals surface area contributed by atoms with Gasteiger partial charge in [0.1, 0.15) is 17.3 Å². The lowest BCUT2D eigenvalue weighted by molar-refractivity contribution is 0.0934. The summed E-state index contributed by atoms with van der Waals surface area (Å²) in [4.78, 5) is 21.4. The number of rotatable bonds is 7. The van der Waals surface area contributed by atoms with E-state index in [1.165, 1.54) is 0 Å². The van der Waals surface area contributed by atoms with Crippen molar-refractivity contribution in [1.29, 1.82) is 0 Å². The molecule has 0 saturated heterocycles. The number of ether oxygens (including phenoxy) is 2. The van der Waals surface area contributed by atoms with Crippen LogP contribution in [-0.2, 0) is 0 Å². The van der Waals surface area contributed by atoms with Gasteiger partial charge in [0.2, 0.25) is 0 Å². The third-order valence-electron chi connectivity index (χ3n) is 4.37. The maximum Gasteiger partial charge on any atom is 0.270 e. The third kappa shape index (κ3) is 5.01. The van der Waals surface area contributed by atoms with Crippen molar-refractivity contribution < 1.29 is 14.3 Å². The van der Waals surface area contributed by atoms with Gasteiger partial charge in [-0.2, -0.15) is 0 Å². The summed E-state index contributed by atoms with van der Waals surface area (Å²) in [6, 6.07) is 16.7. The lowest BCUT2D eigenvalue weighted by Crippen LogP contribution is -2.27. The van der Waals surface area contributed by atoms with Crippen molar-refractivity contribution in [1.82, 2.24) is 15.3 Å². The van der Waals surface area contributed by atoms with Crippen LogP contribution < -0.4 is 20.1 Å². The topological polar surface area (TPSA) is 85.4 Å². The van der Waals surface area contributed by atoms with Gasteiger partial charge in [-0.3, -0.25) is 4.79 Å². The van der Waals surface area contributed by atoms with Gasteiger partial charge in [-0.1, -0.05) is 30.3 Å². The van der Waals surface area contributed by atoms with Crippen LogP contribution in [0.2, 0.25) is 0 Å². The van der Waals surface area contributed by atoms with E-state index in [0.717, 1.165) is 11.3 Å². The minimum Gasteiger partial charge on any atom is -0.493 e. The number of hydrogen-bond acceptors (Lipinski definition) is 6. The summed E-state index contributed by atoms with van der Waals surface area (Å²) in [6.07, 6.45) is 0. The molecule has 0 saturated carbocycles. The number of carbonyl (C=O) groups is 1. The Labute approximate surface area is 170 Å². The second-order valence-corrected chi connectivity index (χ2v) is 6.49. The number of nitrogens with one attached hydrogen (secondary N) is 2. The van der Waals surface area contributed by atoms with Crippen molar-refractivity contribution >= 4 is 17.4 Å². The quantitative estimate of drug-likeness (QED) is 0.631. The zero-order valence-corrected chi connectivity index (χ0v) is 16.9. The molecule has 150 valence electrons. The highest BCUT2D eigenvalue weighted by atomic mass is 16.5. The average Bonchev–Trinajstić information content (AvgIpc) is 2.73. The second-order valence-electron chi connectivity index (χ2n) is 6.49. The van der Waals surface area contributed by atoms with Crippen molar-refractivity contribution in [2.75, 3.05) is 19.5 Å². The van der Waals surface area contributed by atoms with Crippen LogP contribution in [-0.4, -0.2) is 30.1 Å². The number of aryl methyl sites for hydroxylation is 1. The molecule has 0 aliphatic rings. The Balaban J connectivity index is 1.78. The first-order valence-corrected chi connectivity index (χ1v) is 9.20. The number of benzene rings is 2. The molecule has 2 N–H and O–H groups in total. The van der Waals surface area contributed by atoms with E-state index in [1.54, 1.807) is 39.3 Å². The van der Waals surface area contributed by atoms with Gasteiger partial charge in [0, 0.05) is 17.8 Å². The highest BCUT2D eigenvalue weighted by molar-refractivity contribution is 5.93. The average molecular weight is 392 g/mol. The van der Waals surface area contributed by atoms with Gasteiger partial charge in [0.15, 0.2) is 11.5 Å². The predicted molar refractivity (Wildman–Crippen MR) is 112 cm³/mol. The van der Waals surface area contributed by atoms with Crippen LogP contribution in [0.3, 0.4) is 0 Å². The van der Waals surface area contributed by atoms with Crippen molar-refractivity contribution in [3.8, 4) is 11.5 Å². The molecule has 7 nitrogen and oxygen atoms in total. The summed E-state index contributed by atoms with van der Waals surface area (Å²) in [5.41, 5.74) is 2.07. The zero-order chi connectivity index (χ0) is 20.8. The van der Waals surface area contributed by atoms with Crippen LogP contribution in [0.4, 0.5) is 11.5 Å². The lowest BCUT2D eigenvalue weighted by Gasteiger charge is -2.15. The smallest absolute Gasteiger partial charge is 0.270 e.